The number of unbranched alkanes of at least 4 members (excludes halogenated alkanes) is 3. The van der Waals surface area contributed by atoms with Crippen molar-refractivity contribution in [2.24, 2.45) is 0 Å². The molecule has 1 heterocycles. The van der Waals surface area contributed by atoms with Crippen LogP contribution in [0.1, 0.15) is 46.6 Å². The van der Waals surface area contributed by atoms with Gasteiger partial charge >= 0.3 is 0 Å². The zero-order valence-electron chi connectivity index (χ0n) is 18.9. The number of nitro benzene ring substituents is 1. The van der Waals surface area contributed by atoms with E-state index in [1.165, 1.54) is 22.7 Å². The van der Waals surface area contributed by atoms with E-state index in [1.807, 2.05) is 12.2 Å². The molecule has 1 aromatic heterocycles. The highest BCUT2D eigenvalue weighted by Crippen LogP contribution is 2.23. The summed E-state index contributed by atoms with van der Waals surface area (Å²) in [6.07, 6.45) is 12.5. The third-order valence-electron chi connectivity index (χ3n) is 5.37. The van der Waals surface area contributed by atoms with Crippen LogP contribution in [0.5, 0.6) is 0 Å². The molecular formula is C27H30N2O3S. The standard InChI is InChI=1S/C27H30N2O3S/c1-28(20-4-2-3-5-21-30)24-12-6-22(7-13-24)10-16-26-18-19-27(33-26)17-11-23-8-14-25(15-9-23)29(31)32/h6-19,30H,2-5,20-21H2,1H3/b16-10+,17-11+. The maximum absolute atomic E-state index is 10.7. The molecule has 0 bridgehead atoms. The van der Waals surface area contributed by atoms with Gasteiger partial charge in [-0.3, -0.25) is 10.1 Å². The molecule has 0 aliphatic heterocycles. The van der Waals surface area contributed by atoms with Crippen molar-refractivity contribution in [2.45, 2.75) is 25.7 Å². The van der Waals surface area contributed by atoms with Crippen LogP contribution in [0, 0.1) is 10.1 Å². The molecule has 0 radical (unpaired) electrons. The highest BCUT2D eigenvalue weighted by Gasteiger charge is 2.03. The number of hydrogen-bond acceptors (Lipinski definition) is 5. The Kier molecular flexibility index (Phi) is 9.42. The molecule has 0 saturated carbocycles. The Balaban J connectivity index is 1.51. The number of non-ortho nitro benzene ring substituents is 1. The Bertz CT molecular complexity index is 1070. The summed E-state index contributed by atoms with van der Waals surface area (Å²) in [5.41, 5.74) is 3.40. The Morgan fingerprint density at radius 2 is 1.36 bits per heavy atom. The molecule has 5 nitrogen and oxygen atoms in total. The van der Waals surface area contributed by atoms with Crippen molar-refractivity contribution >= 4 is 47.0 Å². The van der Waals surface area contributed by atoms with E-state index in [1.54, 1.807) is 23.5 Å². The van der Waals surface area contributed by atoms with Crippen LogP contribution in [0.2, 0.25) is 0 Å². The normalized spacial score (nSPS) is 11.5. The van der Waals surface area contributed by atoms with E-state index in [4.69, 9.17) is 5.11 Å². The average Bonchev–Trinajstić information content (AvgIpc) is 3.29. The first-order chi connectivity index (χ1) is 16.0. The van der Waals surface area contributed by atoms with Gasteiger partial charge in [-0.2, -0.15) is 0 Å². The molecular weight excluding hydrogens is 432 g/mol. The van der Waals surface area contributed by atoms with E-state index in [2.05, 4.69) is 60.5 Å². The molecule has 172 valence electrons. The van der Waals surface area contributed by atoms with Gasteiger partial charge in [-0.25, -0.2) is 0 Å². The van der Waals surface area contributed by atoms with Crippen molar-refractivity contribution < 1.29 is 10.0 Å². The predicted molar refractivity (Wildman–Crippen MR) is 141 cm³/mol. The number of rotatable bonds is 12. The molecule has 33 heavy (non-hydrogen) atoms. The second kappa shape index (κ2) is 12.7. The van der Waals surface area contributed by atoms with Crippen LogP contribution in [0.25, 0.3) is 24.3 Å². The average molecular weight is 463 g/mol. The quantitative estimate of drug-likeness (QED) is 0.179. The van der Waals surface area contributed by atoms with Gasteiger partial charge < -0.3 is 10.0 Å². The summed E-state index contributed by atoms with van der Waals surface area (Å²) in [5, 5.41) is 19.6. The lowest BCUT2D eigenvalue weighted by Gasteiger charge is -2.19. The van der Waals surface area contributed by atoms with Crippen LogP contribution in [-0.2, 0) is 0 Å². The molecule has 3 aromatic rings. The van der Waals surface area contributed by atoms with E-state index in [0.29, 0.717) is 0 Å². The van der Waals surface area contributed by atoms with E-state index in [9.17, 15) is 10.1 Å². The summed E-state index contributed by atoms with van der Waals surface area (Å²) in [5.74, 6) is 0. The van der Waals surface area contributed by atoms with Crippen molar-refractivity contribution in [1.29, 1.82) is 0 Å². The summed E-state index contributed by atoms with van der Waals surface area (Å²) >= 11 is 1.70. The number of nitro groups is 1. The second-order valence-electron chi connectivity index (χ2n) is 7.91. The van der Waals surface area contributed by atoms with Crippen molar-refractivity contribution in [3.8, 4) is 0 Å². The van der Waals surface area contributed by atoms with Gasteiger partial charge in [0.05, 0.1) is 4.92 Å². The molecule has 0 aliphatic rings. The molecule has 1 N–H and O–H groups in total. The lowest BCUT2D eigenvalue weighted by Crippen LogP contribution is -2.18. The van der Waals surface area contributed by atoms with Crippen LogP contribution >= 0.6 is 11.3 Å². The predicted octanol–water partition coefficient (Wildman–Crippen LogP) is 6.99. The molecule has 0 aliphatic carbocycles. The number of thiophene rings is 1. The molecule has 0 saturated heterocycles. The smallest absolute Gasteiger partial charge is 0.269 e. The first-order valence-corrected chi connectivity index (χ1v) is 12.0. The summed E-state index contributed by atoms with van der Waals surface area (Å²) < 4.78 is 0. The van der Waals surface area contributed by atoms with Gasteiger partial charge in [0, 0.05) is 47.8 Å². The Hall–Kier alpha value is -3.22. The monoisotopic (exact) mass is 462 g/mol. The first kappa shape index (κ1) is 24.4. The van der Waals surface area contributed by atoms with Gasteiger partial charge in [-0.05, 0) is 72.5 Å². The van der Waals surface area contributed by atoms with Gasteiger partial charge in [0.25, 0.3) is 5.69 Å². The van der Waals surface area contributed by atoms with Crippen LogP contribution in [-0.4, -0.2) is 30.2 Å². The number of hydrogen-bond donors (Lipinski definition) is 1. The largest absolute Gasteiger partial charge is 0.396 e. The fraction of sp³-hybridized carbons (Fsp3) is 0.259. The molecule has 0 amide bonds. The maximum atomic E-state index is 10.7. The highest BCUT2D eigenvalue weighted by molar-refractivity contribution is 7.13. The van der Waals surface area contributed by atoms with Gasteiger partial charge in [0.2, 0.25) is 0 Å². The fourth-order valence-electron chi connectivity index (χ4n) is 3.39. The number of benzene rings is 2. The minimum atomic E-state index is -0.389. The van der Waals surface area contributed by atoms with Gasteiger partial charge in [0.1, 0.15) is 0 Å². The molecule has 0 spiro atoms. The SMILES string of the molecule is CN(CCCCCCO)c1ccc(/C=C/c2ccc(/C=C/c3ccc([N+](=O)[O-])cc3)s2)cc1. The van der Waals surface area contributed by atoms with Gasteiger partial charge in [-0.15, -0.1) is 11.3 Å². The molecule has 6 heteroatoms. The van der Waals surface area contributed by atoms with Crippen LogP contribution in [0.3, 0.4) is 0 Å². The van der Waals surface area contributed by atoms with Crippen molar-refractivity contribution in [2.75, 3.05) is 25.1 Å². The molecule has 3 rings (SSSR count). The van der Waals surface area contributed by atoms with E-state index in [0.717, 1.165) is 48.2 Å². The van der Waals surface area contributed by atoms with Crippen LogP contribution in [0.15, 0.2) is 60.7 Å². The lowest BCUT2D eigenvalue weighted by atomic mass is 10.1. The maximum Gasteiger partial charge on any atom is 0.269 e. The van der Waals surface area contributed by atoms with E-state index >= 15 is 0 Å². The third kappa shape index (κ3) is 8.00. The van der Waals surface area contributed by atoms with Gasteiger partial charge in [0.15, 0.2) is 0 Å². The first-order valence-electron chi connectivity index (χ1n) is 11.2. The van der Waals surface area contributed by atoms with Gasteiger partial charge in [-0.1, -0.05) is 37.1 Å². The lowest BCUT2D eigenvalue weighted by molar-refractivity contribution is -0.384. The molecule has 2 aromatic carbocycles. The number of nitrogens with zero attached hydrogens (tertiary/aromatic N) is 2. The topological polar surface area (TPSA) is 66.6 Å². The molecule has 0 fully saturated rings. The summed E-state index contributed by atoms with van der Waals surface area (Å²) in [6.45, 7) is 1.31. The third-order valence-corrected chi connectivity index (χ3v) is 6.38. The summed E-state index contributed by atoms with van der Waals surface area (Å²) in [4.78, 5) is 14.9. The highest BCUT2D eigenvalue weighted by atomic mass is 32.1. The fourth-order valence-corrected chi connectivity index (χ4v) is 4.21. The zero-order chi connectivity index (χ0) is 23.5. The number of aliphatic hydroxyl groups excluding tert-OH is 1. The number of anilines is 1. The minimum Gasteiger partial charge on any atom is -0.396 e. The van der Waals surface area contributed by atoms with E-state index < -0.39 is 0 Å². The van der Waals surface area contributed by atoms with Crippen molar-refractivity contribution in [3.05, 3.63) is 91.7 Å². The van der Waals surface area contributed by atoms with Crippen LogP contribution in [0.4, 0.5) is 11.4 Å². The number of aliphatic hydroxyl groups is 1. The van der Waals surface area contributed by atoms with Crippen molar-refractivity contribution in [1.82, 2.24) is 0 Å². The van der Waals surface area contributed by atoms with Crippen molar-refractivity contribution in [3.63, 3.8) is 0 Å². The summed E-state index contributed by atoms with van der Waals surface area (Å²) in [7, 11) is 2.12. The molecule has 0 atom stereocenters. The minimum absolute atomic E-state index is 0.101. The Morgan fingerprint density at radius 1 is 0.818 bits per heavy atom. The zero-order valence-corrected chi connectivity index (χ0v) is 19.7. The summed E-state index contributed by atoms with van der Waals surface area (Å²) in [6, 6.07) is 19.3. The Morgan fingerprint density at radius 3 is 1.91 bits per heavy atom. The van der Waals surface area contributed by atoms with E-state index in [-0.39, 0.29) is 17.2 Å². The van der Waals surface area contributed by atoms with Crippen LogP contribution < -0.4 is 4.90 Å². The Labute approximate surface area is 199 Å². The second-order valence-corrected chi connectivity index (χ2v) is 9.05. The molecule has 0 unspecified atom stereocenters.